The number of benzene rings is 2. The number of aromatic carboxylic acids is 1. The van der Waals surface area contributed by atoms with Crippen LogP contribution in [-0.4, -0.2) is 28.1 Å². The van der Waals surface area contributed by atoms with Crippen LogP contribution < -0.4 is 5.32 Å². The number of aryl methyl sites for hydroxylation is 1. The Balaban J connectivity index is 1.98. The normalized spacial score (nSPS) is 12.8. The molecule has 0 aliphatic heterocycles. The first-order valence-electron chi connectivity index (χ1n) is 8.27. The number of amides is 1. The lowest BCUT2D eigenvalue weighted by molar-refractivity contribution is -0.155. The molecule has 0 aliphatic carbocycles. The second-order valence-electron chi connectivity index (χ2n) is 6.49. The van der Waals surface area contributed by atoms with Crippen molar-refractivity contribution in [1.82, 2.24) is 10.3 Å². The standard InChI is InChI=1S/C19H12Cl2F4N2O3/c1-7-2-13-8(3-10(7)18(29)30)6-14(26-13)17(28)27-16(19(23,24)25)9-4-11(20)15(22)12(21)5-9/h2-6,16,26H,1H3,(H,27,28)(H,29,30). The Kier molecular flexibility index (Phi) is 5.70. The summed E-state index contributed by atoms with van der Waals surface area (Å²) in [7, 11) is 0. The van der Waals surface area contributed by atoms with Gasteiger partial charge in [0.2, 0.25) is 0 Å². The van der Waals surface area contributed by atoms with Crippen LogP contribution in [0.3, 0.4) is 0 Å². The largest absolute Gasteiger partial charge is 0.478 e. The third-order valence-electron chi connectivity index (χ3n) is 4.38. The minimum atomic E-state index is -4.93. The third kappa shape index (κ3) is 4.22. The summed E-state index contributed by atoms with van der Waals surface area (Å²) in [4.78, 5) is 26.4. The Morgan fingerprint density at radius 2 is 1.70 bits per heavy atom. The van der Waals surface area contributed by atoms with Gasteiger partial charge in [-0.2, -0.15) is 13.2 Å². The summed E-state index contributed by atoms with van der Waals surface area (Å²) in [5.41, 5.74) is 0.0109. The summed E-state index contributed by atoms with van der Waals surface area (Å²) in [5, 5.41) is 10.1. The maximum Gasteiger partial charge on any atom is 0.412 e. The first kappa shape index (κ1) is 21.9. The molecule has 1 heterocycles. The number of rotatable bonds is 4. The van der Waals surface area contributed by atoms with Gasteiger partial charge in [-0.25, -0.2) is 9.18 Å². The number of carbonyl (C=O) groups is 2. The number of carboxylic acids is 1. The number of aromatic nitrogens is 1. The lowest BCUT2D eigenvalue weighted by Gasteiger charge is -2.22. The molecule has 158 valence electrons. The van der Waals surface area contributed by atoms with Crippen molar-refractivity contribution in [3.05, 3.63) is 68.6 Å². The van der Waals surface area contributed by atoms with Crippen LogP contribution in [0.15, 0.2) is 30.3 Å². The van der Waals surface area contributed by atoms with E-state index in [9.17, 15) is 32.3 Å². The van der Waals surface area contributed by atoms with E-state index in [4.69, 9.17) is 23.2 Å². The van der Waals surface area contributed by atoms with E-state index in [2.05, 4.69) is 4.98 Å². The molecule has 2 aromatic carbocycles. The Morgan fingerprint density at radius 1 is 1.10 bits per heavy atom. The number of hydrogen-bond acceptors (Lipinski definition) is 2. The molecule has 1 unspecified atom stereocenters. The smallest absolute Gasteiger partial charge is 0.412 e. The molecule has 3 N–H and O–H groups in total. The summed E-state index contributed by atoms with van der Waals surface area (Å²) in [6.07, 6.45) is -4.93. The lowest BCUT2D eigenvalue weighted by Crippen LogP contribution is -2.38. The van der Waals surface area contributed by atoms with Crippen LogP contribution in [0.2, 0.25) is 10.0 Å². The Hall–Kier alpha value is -2.78. The van der Waals surface area contributed by atoms with E-state index in [1.165, 1.54) is 18.2 Å². The van der Waals surface area contributed by atoms with Crippen molar-refractivity contribution >= 4 is 46.0 Å². The van der Waals surface area contributed by atoms with Crippen molar-refractivity contribution in [2.45, 2.75) is 19.1 Å². The minimum Gasteiger partial charge on any atom is -0.478 e. The second-order valence-corrected chi connectivity index (χ2v) is 7.30. The van der Waals surface area contributed by atoms with Gasteiger partial charge in [0.25, 0.3) is 5.91 Å². The molecule has 0 spiro atoms. The van der Waals surface area contributed by atoms with Gasteiger partial charge in [-0.3, -0.25) is 4.79 Å². The topological polar surface area (TPSA) is 82.2 Å². The molecule has 3 rings (SSSR count). The van der Waals surface area contributed by atoms with Gasteiger partial charge >= 0.3 is 12.1 Å². The molecule has 0 bridgehead atoms. The van der Waals surface area contributed by atoms with Crippen molar-refractivity contribution in [3.8, 4) is 0 Å². The number of halogens is 6. The van der Waals surface area contributed by atoms with E-state index in [0.29, 0.717) is 16.5 Å². The van der Waals surface area contributed by atoms with Crippen LogP contribution in [0, 0.1) is 12.7 Å². The summed E-state index contributed by atoms with van der Waals surface area (Å²) >= 11 is 11.2. The molecule has 1 amide bonds. The molecule has 0 saturated heterocycles. The Labute approximate surface area is 176 Å². The number of aromatic amines is 1. The zero-order valence-corrected chi connectivity index (χ0v) is 16.5. The Bertz CT molecular complexity index is 1150. The van der Waals surface area contributed by atoms with Gasteiger partial charge in [0.15, 0.2) is 11.9 Å². The first-order chi connectivity index (χ1) is 13.9. The SMILES string of the molecule is Cc1cc2[nH]c(C(=O)NC(c3cc(Cl)c(F)c(Cl)c3)C(F)(F)F)cc2cc1C(=O)O. The van der Waals surface area contributed by atoms with Gasteiger partial charge in [0.1, 0.15) is 5.69 Å². The molecule has 0 fully saturated rings. The zero-order chi connectivity index (χ0) is 22.4. The third-order valence-corrected chi connectivity index (χ3v) is 4.93. The minimum absolute atomic E-state index is 0.00257. The second kappa shape index (κ2) is 7.81. The lowest BCUT2D eigenvalue weighted by atomic mass is 10.1. The van der Waals surface area contributed by atoms with Crippen molar-refractivity contribution in [2.75, 3.05) is 0 Å². The summed E-state index contributed by atoms with van der Waals surface area (Å²) < 4.78 is 54.3. The van der Waals surface area contributed by atoms with E-state index in [0.717, 1.165) is 12.1 Å². The van der Waals surface area contributed by atoms with Crippen LogP contribution in [0.5, 0.6) is 0 Å². The number of alkyl halides is 3. The number of H-pyrrole nitrogens is 1. The number of hydrogen-bond donors (Lipinski definition) is 3. The van der Waals surface area contributed by atoms with Crippen molar-refractivity contribution < 1.29 is 32.3 Å². The first-order valence-corrected chi connectivity index (χ1v) is 9.02. The molecule has 0 radical (unpaired) electrons. The van der Waals surface area contributed by atoms with Gasteiger partial charge in [0, 0.05) is 10.9 Å². The van der Waals surface area contributed by atoms with E-state index in [-0.39, 0.29) is 11.3 Å². The molecule has 30 heavy (non-hydrogen) atoms. The van der Waals surface area contributed by atoms with Gasteiger partial charge in [-0.15, -0.1) is 0 Å². The van der Waals surface area contributed by atoms with Gasteiger partial charge < -0.3 is 15.4 Å². The molecule has 3 aromatic rings. The van der Waals surface area contributed by atoms with Gasteiger partial charge in [0.05, 0.1) is 15.6 Å². The molecule has 1 aromatic heterocycles. The fraction of sp³-hybridized carbons (Fsp3) is 0.158. The van der Waals surface area contributed by atoms with Crippen LogP contribution in [0.1, 0.15) is 38.0 Å². The van der Waals surface area contributed by atoms with Gasteiger partial charge in [-0.1, -0.05) is 23.2 Å². The quantitative estimate of drug-likeness (QED) is 0.345. The highest BCUT2D eigenvalue weighted by Crippen LogP contribution is 2.36. The predicted octanol–water partition coefficient (Wildman–Crippen LogP) is 5.65. The highest BCUT2D eigenvalue weighted by molar-refractivity contribution is 6.35. The van der Waals surface area contributed by atoms with Crippen molar-refractivity contribution in [2.24, 2.45) is 0 Å². The monoisotopic (exact) mass is 462 g/mol. The number of carbonyl (C=O) groups excluding carboxylic acids is 1. The average molecular weight is 463 g/mol. The van der Waals surface area contributed by atoms with Crippen molar-refractivity contribution in [3.63, 3.8) is 0 Å². The Morgan fingerprint density at radius 3 is 2.23 bits per heavy atom. The number of fused-ring (bicyclic) bond motifs is 1. The fourth-order valence-corrected chi connectivity index (χ4v) is 3.45. The fourth-order valence-electron chi connectivity index (χ4n) is 2.95. The van der Waals surface area contributed by atoms with E-state index in [1.807, 2.05) is 5.32 Å². The highest BCUT2D eigenvalue weighted by atomic mass is 35.5. The van der Waals surface area contributed by atoms with E-state index in [1.54, 1.807) is 6.92 Å². The van der Waals surface area contributed by atoms with Crippen LogP contribution >= 0.6 is 23.2 Å². The molecule has 0 saturated carbocycles. The van der Waals surface area contributed by atoms with E-state index >= 15 is 0 Å². The average Bonchev–Trinajstić information content (AvgIpc) is 3.04. The molecular weight excluding hydrogens is 451 g/mol. The maximum absolute atomic E-state index is 13.6. The van der Waals surface area contributed by atoms with Crippen LogP contribution in [0.4, 0.5) is 17.6 Å². The summed E-state index contributed by atoms with van der Waals surface area (Å²) in [5.74, 6) is -3.36. The number of carboxylic acid groups (broad SMARTS) is 1. The van der Waals surface area contributed by atoms with E-state index < -0.39 is 45.5 Å². The molecule has 5 nitrogen and oxygen atoms in total. The highest BCUT2D eigenvalue weighted by Gasteiger charge is 2.42. The zero-order valence-electron chi connectivity index (χ0n) is 15.0. The summed E-state index contributed by atoms with van der Waals surface area (Å²) in [6, 6.07) is 2.96. The van der Waals surface area contributed by atoms with Crippen LogP contribution in [0.25, 0.3) is 10.9 Å². The summed E-state index contributed by atoms with van der Waals surface area (Å²) in [6.45, 7) is 1.55. The maximum atomic E-state index is 13.6. The molecule has 11 heteroatoms. The van der Waals surface area contributed by atoms with Gasteiger partial charge in [-0.05, 0) is 48.4 Å². The van der Waals surface area contributed by atoms with Crippen molar-refractivity contribution in [1.29, 1.82) is 0 Å². The molecule has 1 atom stereocenters. The molecule has 0 aliphatic rings. The van der Waals surface area contributed by atoms with Crippen LogP contribution in [-0.2, 0) is 0 Å². The number of nitrogens with one attached hydrogen (secondary N) is 2. The predicted molar refractivity (Wildman–Crippen MR) is 103 cm³/mol. The molecular formula is C19H12Cl2F4N2O3.